The Morgan fingerprint density at radius 1 is 1.05 bits per heavy atom. The molecule has 1 aromatic rings. The SMILES string of the molecule is CCC(CC)CC(O)Cc1ccc(C(F)(F)F)cc1. The summed E-state index contributed by atoms with van der Waals surface area (Å²) in [6.07, 6.45) is -1.64. The molecule has 0 heterocycles. The van der Waals surface area contributed by atoms with Gasteiger partial charge in [0, 0.05) is 0 Å². The van der Waals surface area contributed by atoms with Gasteiger partial charge in [0.25, 0.3) is 0 Å². The van der Waals surface area contributed by atoms with E-state index >= 15 is 0 Å². The number of aliphatic hydroxyl groups excluding tert-OH is 1. The van der Waals surface area contributed by atoms with Crippen LogP contribution in [0.25, 0.3) is 0 Å². The van der Waals surface area contributed by atoms with Crippen LogP contribution in [0.4, 0.5) is 13.2 Å². The molecule has 0 spiro atoms. The molecule has 0 amide bonds. The van der Waals surface area contributed by atoms with Gasteiger partial charge in [-0.25, -0.2) is 0 Å². The molecule has 0 saturated heterocycles. The molecule has 1 atom stereocenters. The number of rotatable bonds is 6. The third-order valence-corrected chi connectivity index (χ3v) is 3.51. The average molecular weight is 274 g/mol. The van der Waals surface area contributed by atoms with Gasteiger partial charge in [-0.05, 0) is 36.5 Å². The van der Waals surface area contributed by atoms with E-state index < -0.39 is 17.8 Å². The molecule has 0 radical (unpaired) electrons. The summed E-state index contributed by atoms with van der Waals surface area (Å²) < 4.78 is 37.2. The Morgan fingerprint density at radius 3 is 2.00 bits per heavy atom. The van der Waals surface area contributed by atoms with Crippen LogP contribution in [0.15, 0.2) is 24.3 Å². The molecule has 1 rings (SSSR count). The summed E-state index contributed by atoms with van der Waals surface area (Å²) in [6, 6.07) is 5.02. The Hall–Kier alpha value is -1.03. The normalized spacial score (nSPS) is 13.8. The first-order valence-electron chi connectivity index (χ1n) is 6.71. The number of halogens is 3. The Balaban J connectivity index is 2.58. The van der Waals surface area contributed by atoms with Crippen molar-refractivity contribution in [3.05, 3.63) is 35.4 Å². The Kier molecular flexibility index (Phi) is 5.85. The van der Waals surface area contributed by atoms with Crippen LogP contribution in [-0.2, 0) is 12.6 Å². The quantitative estimate of drug-likeness (QED) is 0.813. The van der Waals surface area contributed by atoms with Gasteiger partial charge in [0.1, 0.15) is 0 Å². The minimum atomic E-state index is -4.30. The highest BCUT2D eigenvalue weighted by molar-refractivity contribution is 5.25. The van der Waals surface area contributed by atoms with Gasteiger partial charge in [-0.2, -0.15) is 13.2 Å². The highest BCUT2D eigenvalue weighted by atomic mass is 19.4. The van der Waals surface area contributed by atoms with Crippen molar-refractivity contribution < 1.29 is 18.3 Å². The highest BCUT2D eigenvalue weighted by Crippen LogP contribution is 2.29. The van der Waals surface area contributed by atoms with E-state index in [-0.39, 0.29) is 0 Å². The number of aliphatic hydroxyl groups is 1. The van der Waals surface area contributed by atoms with Crippen molar-refractivity contribution in [1.82, 2.24) is 0 Å². The fourth-order valence-electron chi connectivity index (χ4n) is 2.19. The predicted octanol–water partition coefficient (Wildman–Crippen LogP) is 4.44. The first-order chi connectivity index (χ1) is 8.86. The standard InChI is InChI=1S/C15H21F3O/c1-3-11(4-2)9-14(19)10-12-5-7-13(8-6-12)15(16,17)18/h5-8,11,14,19H,3-4,9-10H2,1-2H3. The van der Waals surface area contributed by atoms with E-state index in [0.717, 1.165) is 30.5 Å². The van der Waals surface area contributed by atoms with E-state index in [0.29, 0.717) is 18.8 Å². The zero-order valence-corrected chi connectivity index (χ0v) is 11.4. The molecule has 0 fully saturated rings. The number of hydrogen-bond donors (Lipinski definition) is 1. The molecule has 1 nitrogen and oxygen atoms in total. The van der Waals surface area contributed by atoms with Crippen molar-refractivity contribution in [3.63, 3.8) is 0 Å². The minimum Gasteiger partial charge on any atom is -0.393 e. The first kappa shape index (κ1) is 16.0. The summed E-state index contributed by atoms with van der Waals surface area (Å²) in [4.78, 5) is 0. The van der Waals surface area contributed by atoms with E-state index in [1.807, 2.05) is 0 Å². The third kappa shape index (κ3) is 5.23. The summed E-state index contributed by atoms with van der Waals surface area (Å²) in [5.74, 6) is 0.476. The van der Waals surface area contributed by atoms with E-state index in [4.69, 9.17) is 0 Å². The molecule has 0 saturated carbocycles. The lowest BCUT2D eigenvalue weighted by Crippen LogP contribution is -2.15. The molecule has 0 aromatic heterocycles. The van der Waals surface area contributed by atoms with Crippen LogP contribution in [-0.4, -0.2) is 11.2 Å². The maximum Gasteiger partial charge on any atom is 0.416 e. The lowest BCUT2D eigenvalue weighted by Gasteiger charge is -2.17. The summed E-state index contributed by atoms with van der Waals surface area (Å²) in [5.41, 5.74) is 0.0946. The van der Waals surface area contributed by atoms with E-state index in [2.05, 4.69) is 13.8 Å². The molecule has 108 valence electrons. The van der Waals surface area contributed by atoms with E-state index in [9.17, 15) is 18.3 Å². The summed E-state index contributed by atoms with van der Waals surface area (Å²) in [5, 5.41) is 9.94. The van der Waals surface area contributed by atoms with Crippen LogP contribution in [0.1, 0.15) is 44.2 Å². The molecule has 0 aliphatic heterocycles. The molecule has 0 aliphatic rings. The molecule has 1 aromatic carbocycles. The van der Waals surface area contributed by atoms with Crippen molar-refractivity contribution in [2.24, 2.45) is 5.92 Å². The molecule has 0 aliphatic carbocycles. The monoisotopic (exact) mass is 274 g/mol. The van der Waals surface area contributed by atoms with Gasteiger partial charge < -0.3 is 5.11 Å². The Labute approximate surface area is 112 Å². The van der Waals surface area contributed by atoms with Gasteiger partial charge in [-0.15, -0.1) is 0 Å². The van der Waals surface area contributed by atoms with Crippen LogP contribution < -0.4 is 0 Å². The second-order valence-corrected chi connectivity index (χ2v) is 4.97. The van der Waals surface area contributed by atoms with Crippen LogP contribution in [0.2, 0.25) is 0 Å². The molecule has 1 unspecified atom stereocenters. The maximum atomic E-state index is 12.4. The van der Waals surface area contributed by atoms with Gasteiger partial charge >= 0.3 is 6.18 Å². The summed E-state index contributed by atoms with van der Waals surface area (Å²) >= 11 is 0. The van der Waals surface area contributed by atoms with Crippen LogP contribution in [0.5, 0.6) is 0 Å². The minimum absolute atomic E-state index is 0.411. The molecule has 1 N–H and O–H groups in total. The summed E-state index contributed by atoms with van der Waals surface area (Å²) in [7, 11) is 0. The van der Waals surface area contributed by atoms with E-state index in [1.54, 1.807) is 0 Å². The van der Waals surface area contributed by atoms with Gasteiger partial charge in [0.2, 0.25) is 0 Å². The number of benzene rings is 1. The second-order valence-electron chi connectivity index (χ2n) is 4.97. The fourth-order valence-corrected chi connectivity index (χ4v) is 2.19. The Bertz CT molecular complexity index is 366. The Morgan fingerprint density at radius 2 is 1.58 bits per heavy atom. The molecule has 0 bridgehead atoms. The smallest absolute Gasteiger partial charge is 0.393 e. The van der Waals surface area contributed by atoms with Crippen molar-refractivity contribution in [2.45, 2.75) is 51.8 Å². The van der Waals surface area contributed by atoms with E-state index in [1.165, 1.54) is 12.1 Å². The number of alkyl halides is 3. The third-order valence-electron chi connectivity index (χ3n) is 3.51. The largest absolute Gasteiger partial charge is 0.416 e. The molecule has 19 heavy (non-hydrogen) atoms. The predicted molar refractivity (Wildman–Crippen MR) is 69.8 cm³/mol. The average Bonchev–Trinajstić information content (AvgIpc) is 2.35. The van der Waals surface area contributed by atoms with Crippen molar-refractivity contribution in [1.29, 1.82) is 0 Å². The topological polar surface area (TPSA) is 20.2 Å². The van der Waals surface area contributed by atoms with Crippen LogP contribution in [0.3, 0.4) is 0 Å². The van der Waals surface area contributed by atoms with Crippen LogP contribution >= 0.6 is 0 Å². The molecular weight excluding hydrogens is 253 g/mol. The maximum absolute atomic E-state index is 12.4. The first-order valence-corrected chi connectivity index (χ1v) is 6.71. The van der Waals surface area contributed by atoms with Crippen LogP contribution in [0, 0.1) is 5.92 Å². The van der Waals surface area contributed by atoms with Crippen molar-refractivity contribution in [2.75, 3.05) is 0 Å². The van der Waals surface area contributed by atoms with Crippen molar-refractivity contribution in [3.8, 4) is 0 Å². The zero-order chi connectivity index (χ0) is 14.5. The van der Waals surface area contributed by atoms with Gasteiger partial charge in [-0.3, -0.25) is 0 Å². The van der Waals surface area contributed by atoms with Crippen molar-refractivity contribution >= 4 is 0 Å². The van der Waals surface area contributed by atoms with Gasteiger partial charge in [0.15, 0.2) is 0 Å². The van der Waals surface area contributed by atoms with Gasteiger partial charge in [0.05, 0.1) is 11.7 Å². The summed E-state index contributed by atoms with van der Waals surface area (Å²) in [6.45, 7) is 4.16. The molecular formula is C15H21F3O. The fraction of sp³-hybridized carbons (Fsp3) is 0.600. The zero-order valence-electron chi connectivity index (χ0n) is 11.4. The second kappa shape index (κ2) is 6.94. The lowest BCUT2D eigenvalue weighted by atomic mass is 9.93. The van der Waals surface area contributed by atoms with Gasteiger partial charge in [-0.1, -0.05) is 38.8 Å². The number of hydrogen-bond acceptors (Lipinski definition) is 1. The lowest BCUT2D eigenvalue weighted by molar-refractivity contribution is -0.137. The highest BCUT2D eigenvalue weighted by Gasteiger charge is 2.29. The molecule has 4 heteroatoms.